The van der Waals surface area contributed by atoms with Crippen LogP contribution in [0.3, 0.4) is 0 Å². The Morgan fingerprint density at radius 1 is 1.21 bits per heavy atom. The van der Waals surface area contributed by atoms with Crippen LogP contribution in [0.4, 0.5) is 10.1 Å². The van der Waals surface area contributed by atoms with Gasteiger partial charge in [0.2, 0.25) is 0 Å². The summed E-state index contributed by atoms with van der Waals surface area (Å²) in [7, 11) is 1.53. The SMILES string of the molecule is COc1cccc(C#N)c1NCc1ccccc1F. The Hall–Kier alpha value is -2.54. The maximum atomic E-state index is 13.5. The van der Waals surface area contributed by atoms with Crippen LogP contribution in [0.25, 0.3) is 0 Å². The van der Waals surface area contributed by atoms with Gasteiger partial charge in [-0.3, -0.25) is 0 Å². The average molecular weight is 256 g/mol. The summed E-state index contributed by atoms with van der Waals surface area (Å²) in [6, 6.07) is 13.8. The molecule has 3 nitrogen and oxygen atoms in total. The second-order valence-electron chi connectivity index (χ2n) is 3.94. The maximum absolute atomic E-state index is 13.5. The van der Waals surface area contributed by atoms with Gasteiger partial charge in [0.15, 0.2) is 0 Å². The van der Waals surface area contributed by atoms with Gasteiger partial charge in [0.1, 0.15) is 17.6 Å². The molecule has 0 fully saturated rings. The van der Waals surface area contributed by atoms with E-state index in [4.69, 9.17) is 10.00 Å². The minimum atomic E-state index is -0.275. The van der Waals surface area contributed by atoms with Gasteiger partial charge in [-0.1, -0.05) is 24.3 Å². The van der Waals surface area contributed by atoms with Crippen LogP contribution >= 0.6 is 0 Å². The normalized spacial score (nSPS) is 9.74. The number of para-hydroxylation sites is 1. The Morgan fingerprint density at radius 3 is 2.68 bits per heavy atom. The topological polar surface area (TPSA) is 45.0 Å². The van der Waals surface area contributed by atoms with Crippen molar-refractivity contribution in [3.05, 3.63) is 59.4 Å². The van der Waals surface area contributed by atoms with Crippen LogP contribution in [0.2, 0.25) is 0 Å². The molecule has 4 heteroatoms. The largest absolute Gasteiger partial charge is 0.495 e. The lowest BCUT2D eigenvalue weighted by Gasteiger charge is -2.12. The Balaban J connectivity index is 2.25. The highest BCUT2D eigenvalue weighted by Gasteiger charge is 2.09. The number of ether oxygens (including phenoxy) is 1. The molecule has 2 aromatic carbocycles. The zero-order chi connectivity index (χ0) is 13.7. The predicted octanol–water partition coefficient (Wildman–Crippen LogP) is 3.32. The molecule has 0 amide bonds. The molecule has 2 aromatic rings. The summed E-state index contributed by atoms with van der Waals surface area (Å²) in [4.78, 5) is 0. The lowest BCUT2D eigenvalue weighted by molar-refractivity contribution is 0.416. The Morgan fingerprint density at radius 2 is 2.00 bits per heavy atom. The molecule has 0 spiro atoms. The van der Waals surface area contributed by atoms with E-state index in [0.29, 0.717) is 29.1 Å². The number of hydrogen-bond acceptors (Lipinski definition) is 3. The van der Waals surface area contributed by atoms with E-state index in [1.807, 2.05) is 0 Å². The standard InChI is InChI=1S/C15H13FN2O/c1-19-14-8-4-6-11(9-17)15(14)18-10-12-5-2-3-7-13(12)16/h2-8,18H,10H2,1H3. The summed E-state index contributed by atoms with van der Waals surface area (Å²) < 4.78 is 18.7. The van der Waals surface area contributed by atoms with E-state index >= 15 is 0 Å². The van der Waals surface area contributed by atoms with Gasteiger partial charge in [0.05, 0.1) is 18.4 Å². The van der Waals surface area contributed by atoms with Crippen LogP contribution in [-0.4, -0.2) is 7.11 Å². The highest BCUT2D eigenvalue weighted by atomic mass is 19.1. The quantitative estimate of drug-likeness (QED) is 0.912. The average Bonchev–Trinajstić information content (AvgIpc) is 2.46. The first-order chi connectivity index (χ1) is 9.26. The maximum Gasteiger partial charge on any atom is 0.143 e. The molecule has 0 aliphatic carbocycles. The van der Waals surface area contributed by atoms with Crippen molar-refractivity contribution < 1.29 is 9.13 Å². The molecule has 0 unspecified atom stereocenters. The summed E-state index contributed by atoms with van der Waals surface area (Å²) in [5.74, 6) is 0.291. The third-order valence-corrected chi connectivity index (χ3v) is 2.78. The van der Waals surface area contributed by atoms with E-state index in [1.165, 1.54) is 13.2 Å². The van der Waals surface area contributed by atoms with Crippen LogP contribution in [0.5, 0.6) is 5.75 Å². The molecule has 0 saturated carbocycles. The molecule has 0 radical (unpaired) electrons. The molecule has 0 bridgehead atoms. The summed E-state index contributed by atoms with van der Waals surface area (Å²) in [6.45, 7) is 0.293. The van der Waals surface area contributed by atoms with Crippen LogP contribution in [0.1, 0.15) is 11.1 Å². The number of nitriles is 1. The van der Waals surface area contributed by atoms with Crippen molar-refractivity contribution in [2.24, 2.45) is 0 Å². The van der Waals surface area contributed by atoms with Crippen LogP contribution < -0.4 is 10.1 Å². The molecule has 0 aromatic heterocycles. The molecule has 96 valence electrons. The highest BCUT2D eigenvalue weighted by molar-refractivity contribution is 5.66. The number of benzene rings is 2. The van der Waals surface area contributed by atoms with Gasteiger partial charge in [0, 0.05) is 12.1 Å². The van der Waals surface area contributed by atoms with E-state index in [1.54, 1.807) is 36.4 Å². The van der Waals surface area contributed by atoms with Crippen molar-refractivity contribution in [2.45, 2.75) is 6.54 Å². The molecule has 2 rings (SSSR count). The van der Waals surface area contributed by atoms with Crippen molar-refractivity contribution in [3.8, 4) is 11.8 Å². The first-order valence-corrected chi connectivity index (χ1v) is 5.80. The van der Waals surface area contributed by atoms with Crippen LogP contribution in [0, 0.1) is 17.1 Å². The number of nitrogens with zero attached hydrogens (tertiary/aromatic N) is 1. The predicted molar refractivity (Wildman–Crippen MR) is 71.4 cm³/mol. The van der Waals surface area contributed by atoms with Crippen LogP contribution in [0.15, 0.2) is 42.5 Å². The van der Waals surface area contributed by atoms with Gasteiger partial charge in [-0.2, -0.15) is 5.26 Å². The molecule has 19 heavy (non-hydrogen) atoms. The van der Waals surface area contributed by atoms with Crippen molar-refractivity contribution in [1.82, 2.24) is 0 Å². The third-order valence-electron chi connectivity index (χ3n) is 2.78. The first kappa shape index (κ1) is 12.9. The molecular weight excluding hydrogens is 243 g/mol. The molecular formula is C15H13FN2O. The zero-order valence-corrected chi connectivity index (χ0v) is 10.5. The summed E-state index contributed by atoms with van der Waals surface area (Å²) in [5, 5.41) is 12.1. The highest BCUT2D eigenvalue weighted by Crippen LogP contribution is 2.28. The third kappa shape index (κ3) is 2.83. The minimum absolute atomic E-state index is 0.275. The molecule has 0 atom stereocenters. The van der Waals surface area contributed by atoms with Gasteiger partial charge in [-0.05, 0) is 18.2 Å². The summed E-state index contributed by atoms with van der Waals surface area (Å²) in [6.07, 6.45) is 0. The number of hydrogen-bond donors (Lipinski definition) is 1. The van der Waals surface area contributed by atoms with Gasteiger partial charge in [-0.25, -0.2) is 4.39 Å². The summed E-state index contributed by atoms with van der Waals surface area (Å²) >= 11 is 0. The molecule has 1 N–H and O–H groups in total. The monoisotopic (exact) mass is 256 g/mol. The Labute approximate surface area is 111 Å². The fourth-order valence-corrected chi connectivity index (χ4v) is 1.80. The molecule has 0 aliphatic rings. The number of methoxy groups -OCH3 is 1. The van der Waals surface area contributed by atoms with E-state index < -0.39 is 0 Å². The smallest absolute Gasteiger partial charge is 0.143 e. The van der Waals surface area contributed by atoms with E-state index in [0.717, 1.165) is 0 Å². The Bertz CT molecular complexity index is 620. The Kier molecular flexibility index (Phi) is 3.99. The fraction of sp³-hybridized carbons (Fsp3) is 0.133. The molecule has 0 aliphatic heterocycles. The van der Waals surface area contributed by atoms with Gasteiger partial charge in [-0.15, -0.1) is 0 Å². The van der Waals surface area contributed by atoms with Gasteiger partial charge >= 0.3 is 0 Å². The first-order valence-electron chi connectivity index (χ1n) is 5.80. The number of rotatable bonds is 4. The minimum Gasteiger partial charge on any atom is -0.495 e. The van der Waals surface area contributed by atoms with E-state index in [-0.39, 0.29) is 5.82 Å². The van der Waals surface area contributed by atoms with E-state index in [9.17, 15) is 4.39 Å². The second-order valence-corrected chi connectivity index (χ2v) is 3.94. The second kappa shape index (κ2) is 5.87. The molecule has 0 saturated heterocycles. The van der Waals surface area contributed by atoms with Crippen molar-refractivity contribution in [2.75, 3.05) is 12.4 Å². The zero-order valence-electron chi connectivity index (χ0n) is 10.5. The lowest BCUT2D eigenvalue weighted by atomic mass is 10.1. The van der Waals surface area contributed by atoms with Gasteiger partial charge in [0.25, 0.3) is 0 Å². The van der Waals surface area contributed by atoms with Crippen molar-refractivity contribution in [3.63, 3.8) is 0 Å². The van der Waals surface area contributed by atoms with Crippen molar-refractivity contribution >= 4 is 5.69 Å². The lowest BCUT2D eigenvalue weighted by Crippen LogP contribution is -2.04. The van der Waals surface area contributed by atoms with Crippen molar-refractivity contribution in [1.29, 1.82) is 5.26 Å². The summed E-state index contributed by atoms with van der Waals surface area (Å²) in [5.41, 5.74) is 1.59. The van der Waals surface area contributed by atoms with Crippen LogP contribution in [-0.2, 0) is 6.54 Å². The number of halogens is 1. The molecule has 0 heterocycles. The number of anilines is 1. The number of nitrogens with one attached hydrogen (secondary N) is 1. The van der Waals surface area contributed by atoms with E-state index in [2.05, 4.69) is 11.4 Å². The fourth-order valence-electron chi connectivity index (χ4n) is 1.80. The van der Waals surface area contributed by atoms with Gasteiger partial charge < -0.3 is 10.1 Å².